The molecule has 0 saturated carbocycles. The van der Waals surface area contributed by atoms with Crippen LogP contribution in [0.4, 0.5) is 4.39 Å². The third kappa shape index (κ3) is 4.81. The van der Waals surface area contributed by atoms with E-state index in [2.05, 4.69) is 36.5 Å². The van der Waals surface area contributed by atoms with Gasteiger partial charge in [0.1, 0.15) is 0 Å². The fourth-order valence-electron chi connectivity index (χ4n) is 4.38. The Labute approximate surface area is 183 Å². The number of rotatable bonds is 8. The van der Waals surface area contributed by atoms with Crippen molar-refractivity contribution in [3.8, 4) is 22.7 Å². The first kappa shape index (κ1) is 21.5. The molecule has 1 fully saturated rings. The Morgan fingerprint density at radius 1 is 1.23 bits per heavy atom. The molecule has 1 N–H and O–H groups in total. The van der Waals surface area contributed by atoms with E-state index in [-0.39, 0.29) is 11.6 Å². The van der Waals surface area contributed by atoms with Crippen LogP contribution < -0.4 is 10.1 Å². The van der Waals surface area contributed by atoms with Gasteiger partial charge >= 0.3 is 0 Å². The average molecular weight is 423 g/mol. The zero-order valence-corrected chi connectivity index (χ0v) is 18.6. The molecule has 0 spiro atoms. The summed E-state index contributed by atoms with van der Waals surface area (Å²) >= 11 is 0. The predicted octanol–water partition coefficient (Wildman–Crippen LogP) is 4.57. The number of aryl methyl sites for hydroxylation is 1. The van der Waals surface area contributed by atoms with Gasteiger partial charge in [0, 0.05) is 29.9 Å². The summed E-state index contributed by atoms with van der Waals surface area (Å²) in [6, 6.07) is 13.8. The van der Waals surface area contributed by atoms with E-state index < -0.39 is 0 Å². The molecule has 1 atom stereocenters. The Bertz CT molecular complexity index is 1030. The van der Waals surface area contributed by atoms with E-state index >= 15 is 0 Å². The molecule has 0 bridgehead atoms. The molecule has 5 nitrogen and oxygen atoms in total. The van der Waals surface area contributed by atoms with Crippen LogP contribution in [0.1, 0.15) is 30.4 Å². The lowest BCUT2D eigenvalue weighted by Gasteiger charge is -2.19. The number of benzene rings is 2. The largest absolute Gasteiger partial charge is 0.494 e. The van der Waals surface area contributed by atoms with Gasteiger partial charge in [0.2, 0.25) is 0 Å². The van der Waals surface area contributed by atoms with Gasteiger partial charge in [0.25, 0.3) is 0 Å². The Hall–Kier alpha value is -2.70. The second kappa shape index (κ2) is 9.62. The van der Waals surface area contributed by atoms with Crippen molar-refractivity contribution in [2.45, 2.75) is 38.8 Å². The average Bonchev–Trinajstić information content (AvgIpc) is 3.37. The van der Waals surface area contributed by atoms with Crippen molar-refractivity contribution >= 4 is 0 Å². The Morgan fingerprint density at radius 2 is 2.06 bits per heavy atom. The van der Waals surface area contributed by atoms with Crippen LogP contribution in [-0.2, 0) is 6.54 Å². The standard InChI is InChI=1S/C25H31FN4O/c1-18-7-4-5-9-23(18)30-17-20(16-27-13-12-21-8-6-14-29(21)2)25(28-30)19-10-11-24(31-3)22(26)15-19/h4-5,7,9-11,15,17,21,27H,6,8,12-14,16H2,1-3H3. The molecule has 0 amide bonds. The molecule has 1 aliphatic rings. The maximum atomic E-state index is 14.4. The molecule has 1 aromatic heterocycles. The second-order valence-electron chi connectivity index (χ2n) is 8.33. The molecule has 1 aliphatic heterocycles. The normalized spacial score (nSPS) is 16.7. The van der Waals surface area contributed by atoms with Crippen LogP contribution in [0.5, 0.6) is 5.75 Å². The number of para-hydroxylation sites is 1. The topological polar surface area (TPSA) is 42.3 Å². The summed E-state index contributed by atoms with van der Waals surface area (Å²) in [5.74, 6) is -0.143. The number of aromatic nitrogens is 2. The van der Waals surface area contributed by atoms with Crippen LogP contribution in [-0.4, -0.2) is 48.0 Å². The van der Waals surface area contributed by atoms with Crippen molar-refractivity contribution in [2.24, 2.45) is 0 Å². The molecule has 6 heteroatoms. The maximum absolute atomic E-state index is 14.4. The number of hydrogen-bond acceptors (Lipinski definition) is 4. The van der Waals surface area contributed by atoms with Gasteiger partial charge in [-0.05, 0) is 76.2 Å². The lowest BCUT2D eigenvalue weighted by molar-refractivity contribution is 0.293. The molecule has 0 radical (unpaired) electrons. The van der Waals surface area contributed by atoms with E-state index in [4.69, 9.17) is 9.84 Å². The number of ether oxygens (including phenoxy) is 1. The smallest absolute Gasteiger partial charge is 0.165 e. The molecular formula is C25H31FN4O. The van der Waals surface area contributed by atoms with E-state index in [0.29, 0.717) is 12.6 Å². The van der Waals surface area contributed by atoms with Crippen molar-refractivity contribution in [3.05, 3.63) is 65.6 Å². The molecule has 0 aliphatic carbocycles. The molecule has 164 valence electrons. The Kier molecular flexibility index (Phi) is 6.68. The van der Waals surface area contributed by atoms with Gasteiger partial charge in [0.15, 0.2) is 11.6 Å². The summed E-state index contributed by atoms with van der Waals surface area (Å²) in [7, 11) is 3.68. The van der Waals surface area contributed by atoms with Crippen LogP contribution in [0.3, 0.4) is 0 Å². The highest BCUT2D eigenvalue weighted by atomic mass is 19.1. The lowest BCUT2D eigenvalue weighted by atomic mass is 10.1. The van der Waals surface area contributed by atoms with Gasteiger partial charge < -0.3 is 15.0 Å². The molecule has 2 heterocycles. The number of likely N-dealkylation sites (tertiary alicyclic amines) is 1. The summed E-state index contributed by atoms with van der Waals surface area (Å²) in [4.78, 5) is 2.45. The summed E-state index contributed by atoms with van der Waals surface area (Å²) < 4.78 is 21.4. The Balaban J connectivity index is 1.57. The third-order valence-corrected chi connectivity index (χ3v) is 6.22. The van der Waals surface area contributed by atoms with Crippen molar-refractivity contribution in [3.63, 3.8) is 0 Å². The van der Waals surface area contributed by atoms with Crippen molar-refractivity contribution < 1.29 is 9.13 Å². The van der Waals surface area contributed by atoms with Crippen molar-refractivity contribution in [2.75, 3.05) is 27.2 Å². The monoisotopic (exact) mass is 422 g/mol. The summed E-state index contributed by atoms with van der Waals surface area (Å²) in [5, 5.41) is 8.41. The summed E-state index contributed by atoms with van der Waals surface area (Å²) in [6.45, 7) is 4.90. The number of methoxy groups -OCH3 is 1. The number of nitrogens with one attached hydrogen (secondary N) is 1. The molecule has 3 aromatic rings. The number of halogens is 1. The third-order valence-electron chi connectivity index (χ3n) is 6.22. The van der Waals surface area contributed by atoms with E-state index in [1.54, 1.807) is 6.07 Å². The first-order chi connectivity index (χ1) is 15.1. The fourth-order valence-corrected chi connectivity index (χ4v) is 4.38. The quantitative estimate of drug-likeness (QED) is 0.540. The molecule has 2 aromatic carbocycles. The van der Waals surface area contributed by atoms with Gasteiger partial charge in [-0.15, -0.1) is 0 Å². The SMILES string of the molecule is COc1ccc(-c2nn(-c3ccccc3C)cc2CNCCC2CCCN2C)cc1F. The van der Waals surface area contributed by atoms with Crippen LogP contribution in [0.2, 0.25) is 0 Å². The van der Waals surface area contributed by atoms with Crippen LogP contribution in [0.25, 0.3) is 16.9 Å². The maximum Gasteiger partial charge on any atom is 0.165 e. The summed E-state index contributed by atoms with van der Waals surface area (Å²) in [6.07, 6.45) is 5.75. The van der Waals surface area contributed by atoms with Crippen LogP contribution in [0.15, 0.2) is 48.7 Å². The second-order valence-corrected chi connectivity index (χ2v) is 8.33. The minimum absolute atomic E-state index is 0.238. The zero-order valence-electron chi connectivity index (χ0n) is 18.6. The van der Waals surface area contributed by atoms with Crippen molar-refractivity contribution in [1.82, 2.24) is 20.0 Å². The van der Waals surface area contributed by atoms with E-state index in [0.717, 1.165) is 41.0 Å². The highest BCUT2D eigenvalue weighted by molar-refractivity contribution is 5.64. The first-order valence-electron chi connectivity index (χ1n) is 11.0. The Morgan fingerprint density at radius 3 is 2.77 bits per heavy atom. The van der Waals surface area contributed by atoms with E-state index in [9.17, 15) is 4.39 Å². The van der Waals surface area contributed by atoms with Gasteiger partial charge in [-0.1, -0.05) is 18.2 Å². The molecule has 1 unspecified atom stereocenters. The zero-order chi connectivity index (χ0) is 21.8. The van der Waals surface area contributed by atoms with E-state index in [1.807, 2.05) is 28.9 Å². The van der Waals surface area contributed by atoms with E-state index in [1.165, 1.54) is 32.6 Å². The highest BCUT2D eigenvalue weighted by Gasteiger charge is 2.20. The minimum Gasteiger partial charge on any atom is -0.494 e. The van der Waals surface area contributed by atoms with Gasteiger partial charge in [-0.25, -0.2) is 9.07 Å². The van der Waals surface area contributed by atoms with Crippen LogP contribution >= 0.6 is 0 Å². The predicted molar refractivity (Wildman–Crippen MR) is 122 cm³/mol. The first-order valence-corrected chi connectivity index (χ1v) is 11.0. The van der Waals surface area contributed by atoms with Crippen LogP contribution in [0, 0.1) is 12.7 Å². The minimum atomic E-state index is -0.381. The molecule has 31 heavy (non-hydrogen) atoms. The summed E-state index contributed by atoms with van der Waals surface area (Å²) in [5.41, 5.74) is 4.75. The molecule has 4 rings (SSSR count). The van der Waals surface area contributed by atoms with Gasteiger partial charge in [-0.3, -0.25) is 0 Å². The van der Waals surface area contributed by atoms with Crippen molar-refractivity contribution in [1.29, 1.82) is 0 Å². The highest BCUT2D eigenvalue weighted by Crippen LogP contribution is 2.28. The van der Waals surface area contributed by atoms with Gasteiger partial charge in [-0.2, -0.15) is 5.10 Å². The number of hydrogen-bond donors (Lipinski definition) is 1. The fraction of sp³-hybridized carbons (Fsp3) is 0.400. The molecular weight excluding hydrogens is 391 g/mol. The number of nitrogens with zero attached hydrogens (tertiary/aromatic N) is 3. The lowest BCUT2D eigenvalue weighted by Crippen LogP contribution is -2.29. The molecule has 1 saturated heterocycles. The van der Waals surface area contributed by atoms with Gasteiger partial charge in [0.05, 0.1) is 18.5 Å².